The van der Waals surface area contributed by atoms with E-state index in [1.54, 1.807) is 6.08 Å². The van der Waals surface area contributed by atoms with E-state index in [9.17, 15) is 0 Å². The Kier molecular flexibility index (Phi) is 14.5. The average Bonchev–Trinajstić information content (AvgIpc) is 2.35. The molecule has 0 heterocycles. The smallest absolute Gasteiger partial charge is 0.0348 e. The van der Waals surface area contributed by atoms with Crippen molar-refractivity contribution in [3.63, 3.8) is 0 Å². The lowest BCUT2D eigenvalue weighted by Gasteiger charge is -2.00. The van der Waals surface area contributed by atoms with Crippen LogP contribution in [0.2, 0.25) is 0 Å². The monoisotopic (exact) mass is 233 g/mol. The lowest BCUT2D eigenvalue weighted by Crippen LogP contribution is -1.81. The molecule has 1 radical (unpaired) electrons. The number of unbranched alkanes of at least 4 members (excludes halogenated alkanes) is 9. The van der Waals surface area contributed by atoms with Gasteiger partial charge in [0.25, 0.3) is 0 Å². The van der Waals surface area contributed by atoms with E-state index in [4.69, 9.17) is 0 Å². The fourth-order valence-corrected chi connectivity index (χ4v) is 1.73. The Balaban J connectivity index is 3.05. The Hall–Kier alpha value is -0.780. The van der Waals surface area contributed by atoms with Crippen LogP contribution in [0, 0.1) is 6.42 Å². The van der Waals surface area contributed by atoms with E-state index in [1.807, 2.05) is 12.2 Å². The summed E-state index contributed by atoms with van der Waals surface area (Å²) >= 11 is 0. The van der Waals surface area contributed by atoms with Crippen LogP contribution in [-0.4, -0.2) is 0 Å². The molecule has 0 bridgehead atoms. The van der Waals surface area contributed by atoms with Gasteiger partial charge in [-0.05, 0) is 19.3 Å². The van der Waals surface area contributed by atoms with E-state index in [0.29, 0.717) is 0 Å². The Bertz CT molecular complexity index is 198. The van der Waals surface area contributed by atoms with Gasteiger partial charge in [-0.2, -0.15) is 0 Å². The molecular weight excluding hydrogens is 204 g/mol. The minimum absolute atomic E-state index is 1.21. The Labute approximate surface area is 109 Å². The summed E-state index contributed by atoms with van der Waals surface area (Å²) in [6.45, 7) is 5.89. The van der Waals surface area contributed by atoms with Crippen LogP contribution in [0.15, 0.2) is 37.0 Å². The van der Waals surface area contributed by atoms with Gasteiger partial charge in [-0.1, -0.05) is 88.8 Å². The third-order valence-electron chi connectivity index (χ3n) is 2.79. The van der Waals surface area contributed by atoms with Gasteiger partial charge < -0.3 is 0 Å². The first kappa shape index (κ1) is 16.2. The third-order valence-corrected chi connectivity index (χ3v) is 2.79. The van der Waals surface area contributed by atoms with Crippen molar-refractivity contribution >= 4 is 0 Å². The van der Waals surface area contributed by atoms with E-state index in [-0.39, 0.29) is 0 Å². The second-order valence-corrected chi connectivity index (χ2v) is 4.47. The summed E-state index contributed by atoms with van der Waals surface area (Å²) in [6, 6.07) is 0. The fourth-order valence-electron chi connectivity index (χ4n) is 1.73. The Morgan fingerprint density at radius 3 is 2.18 bits per heavy atom. The molecule has 0 N–H and O–H groups in total. The van der Waals surface area contributed by atoms with E-state index >= 15 is 0 Å². The van der Waals surface area contributed by atoms with Crippen LogP contribution in [0.3, 0.4) is 0 Å². The second-order valence-electron chi connectivity index (χ2n) is 4.47. The lowest BCUT2D eigenvalue weighted by molar-refractivity contribution is 0.643. The maximum Gasteiger partial charge on any atom is -0.0348 e. The molecule has 0 amide bonds. The van der Waals surface area contributed by atoms with E-state index < -0.39 is 0 Å². The molecule has 0 rings (SSSR count). The summed E-state index contributed by atoms with van der Waals surface area (Å²) in [4.78, 5) is 0. The molecule has 0 aliphatic heterocycles. The van der Waals surface area contributed by atoms with E-state index in [0.717, 1.165) is 0 Å². The predicted octanol–water partition coefficient (Wildman–Crippen LogP) is 6.02. The molecule has 0 heteroatoms. The zero-order chi connectivity index (χ0) is 12.6. The van der Waals surface area contributed by atoms with Crippen LogP contribution in [0.5, 0.6) is 0 Å². The summed E-state index contributed by atoms with van der Waals surface area (Å²) in [5.41, 5.74) is 0. The quantitative estimate of drug-likeness (QED) is 0.285. The minimum Gasteiger partial charge on any atom is -0.0991 e. The summed E-state index contributed by atoms with van der Waals surface area (Å²) in [5.74, 6) is 0. The normalized spacial score (nSPS) is 11.6. The average molecular weight is 233 g/mol. The number of hydrogen-bond donors (Lipinski definition) is 0. The molecule has 0 aliphatic rings. The van der Waals surface area contributed by atoms with Gasteiger partial charge in [-0.15, -0.1) is 0 Å². The van der Waals surface area contributed by atoms with Crippen molar-refractivity contribution in [2.45, 2.75) is 64.7 Å². The summed E-state index contributed by atoms with van der Waals surface area (Å²) in [7, 11) is 0. The van der Waals surface area contributed by atoms with Crippen molar-refractivity contribution < 1.29 is 0 Å². The molecule has 17 heavy (non-hydrogen) atoms. The standard InChI is InChI=1S/C17H29/c1-3-5-7-9-11-13-15-17-16-14-12-10-8-6-4-2/h3,5,7,9,11-12H,1,4,6,8,10,13-17H2,2H3/b7-5+,11-9+. The summed E-state index contributed by atoms with van der Waals surface area (Å²) in [5, 5.41) is 0. The molecule has 0 spiro atoms. The van der Waals surface area contributed by atoms with Crippen LogP contribution < -0.4 is 0 Å². The first-order valence-electron chi connectivity index (χ1n) is 7.17. The molecule has 97 valence electrons. The van der Waals surface area contributed by atoms with Crippen molar-refractivity contribution in [2.24, 2.45) is 0 Å². The fraction of sp³-hybridized carbons (Fsp3) is 0.588. The van der Waals surface area contributed by atoms with Crippen LogP contribution in [0.4, 0.5) is 0 Å². The molecule has 0 aromatic heterocycles. The van der Waals surface area contributed by atoms with Crippen LogP contribution >= 0.6 is 0 Å². The Morgan fingerprint density at radius 2 is 1.47 bits per heavy atom. The van der Waals surface area contributed by atoms with Gasteiger partial charge in [-0.3, -0.25) is 0 Å². The topological polar surface area (TPSA) is 0 Å². The highest BCUT2D eigenvalue weighted by Crippen LogP contribution is 2.09. The van der Waals surface area contributed by atoms with Crippen molar-refractivity contribution in [1.29, 1.82) is 0 Å². The van der Waals surface area contributed by atoms with Gasteiger partial charge in [0.05, 0.1) is 0 Å². The molecule has 0 aromatic carbocycles. The van der Waals surface area contributed by atoms with Crippen molar-refractivity contribution in [3.8, 4) is 0 Å². The lowest BCUT2D eigenvalue weighted by atomic mass is 10.1. The maximum absolute atomic E-state index is 3.63. The van der Waals surface area contributed by atoms with Gasteiger partial charge in [0.2, 0.25) is 0 Å². The Morgan fingerprint density at radius 1 is 0.765 bits per heavy atom. The summed E-state index contributed by atoms with van der Waals surface area (Å²) in [6.07, 6.45) is 24.6. The molecule has 0 unspecified atom stereocenters. The molecule has 0 aliphatic carbocycles. The first-order valence-corrected chi connectivity index (χ1v) is 7.17. The van der Waals surface area contributed by atoms with Crippen LogP contribution in [0.25, 0.3) is 0 Å². The van der Waals surface area contributed by atoms with E-state index in [1.165, 1.54) is 57.8 Å². The molecule has 0 saturated carbocycles. The maximum atomic E-state index is 3.63. The van der Waals surface area contributed by atoms with Crippen LogP contribution in [-0.2, 0) is 0 Å². The molecule has 0 nitrogen and oxygen atoms in total. The van der Waals surface area contributed by atoms with Gasteiger partial charge in [-0.25, -0.2) is 0 Å². The van der Waals surface area contributed by atoms with Gasteiger partial charge in [0.15, 0.2) is 0 Å². The molecule has 0 atom stereocenters. The SMILES string of the molecule is C=C/C=C/C=C/CCCCC[CH]CCCCC. The van der Waals surface area contributed by atoms with E-state index in [2.05, 4.69) is 32.1 Å². The molecular formula is C17H29. The summed E-state index contributed by atoms with van der Waals surface area (Å²) < 4.78 is 0. The molecule has 0 fully saturated rings. The predicted molar refractivity (Wildman–Crippen MR) is 80.0 cm³/mol. The minimum atomic E-state index is 1.21. The highest BCUT2D eigenvalue weighted by molar-refractivity contribution is 5.08. The third kappa shape index (κ3) is 15.2. The van der Waals surface area contributed by atoms with Gasteiger partial charge >= 0.3 is 0 Å². The number of allylic oxidation sites excluding steroid dienone is 5. The highest BCUT2D eigenvalue weighted by Gasteiger charge is 1.91. The zero-order valence-corrected chi connectivity index (χ0v) is 11.5. The second kappa shape index (κ2) is 15.2. The first-order chi connectivity index (χ1) is 8.41. The van der Waals surface area contributed by atoms with Gasteiger partial charge in [0, 0.05) is 0 Å². The number of rotatable bonds is 12. The van der Waals surface area contributed by atoms with Crippen molar-refractivity contribution in [3.05, 3.63) is 43.4 Å². The van der Waals surface area contributed by atoms with Crippen LogP contribution in [0.1, 0.15) is 64.7 Å². The largest absolute Gasteiger partial charge is 0.0991 e. The molecule has 0 saturated heterocycles. The van der Waals surface area contributed by atoms with Gasteiger partial charge in [0.1, 0.15) is 0 Å². The zero-order valence-electron chi connectivity index (χ0n) is 11.5. The molecule has 0 aromatic rings. The number of hydrogen-bond acceptors (Lipinski definition) is 0. The van der Waals surface area contributed by atoms with Crippen molar-refractivity contribution in [2.75, 3.05) is 0 Å². The van der Waals surface area contributed by atoms with Crippen molar-refractivity contribution in [1.82, 2.24) is 0 Å². The highest BCUT2D eigenvalue weighted by atomic mass is 14.0.